The maximum Gasteiger partial charge on any atom is 0.263 e. The van der Waals surface area contributed by atoms with E-state index in [0.29, 0.717) is 11.4 Å². The number of hydrogen-bond acceptors (Lipinski definition) is 4. The number of nitrogens with zero attached hydrogens (tertiary/aromatic N) is 1. The minimum Gasteiger partial charge on any atom is -0.325 e. The van der Waals surface area contributed by atoms with Crippen LogP contribution in [-0.4, -0.2) is 13.4 Å². The quantitative estimate of drug-likeness (QED) is 0.901. The number of hydrogen-bond donors (Lipinski definition) is 2. The van der Waals surface area contributed by atoms with Crippen LogP contribution in [0.1, 0.15) is 16.8 Å². The Morgan fingerprint density at radius 3 is 2.45 bits per heavy atom. The molecule has 5 nitrogen and oxygen atoms in total. The highest BCUT2D eigenvalue weighted by Gasteiger charge is 2.18. The van der Waals surface area contributed by atoms with Crippen LogP contribution in [0.4, 0.5) is 5.69 Å². The Morgan fingerprint density at radius 2 is 1.85 bits per heavy atom. The van der Waals surface area contributed by atoms with Crippen LogP contribution in [0.25, 0.3) is 0 Å². The summed E-state index contributed by atoms with van der Waals surface area (Å²) in [7, 11) is -3.68. The number of aromatic nitrogens is 1. The van der Waals surface area contributed by atoms with Crippen molar-refractivity contribution in [3.8, 4) is 0 Å². The maximum atomic E-state index is 12.4. The van der Waals surface area contributed by atoms with Gasteiger partial charge in [-0.25, -0.2) is 8.42 Å². The van der Waals surface area contributed by atoms with Crippen LogP contribution in [0.15, 0.2) is 41.4 Å². The van der Waals surface area contributed by atoms with Gasteiger partial charge in [-0.1, -0.05) is 6.07 Å². The molecule has 0 aliphatic carbocycles. The molecule has 1 aromatic carbocycles. The maximum absolute atomic E-state index is 12.4. The SMILES string of the molecule is Cc1cc(C)cc(NS(=O)(=O)c2cccnc2CN)c1. The molecule has 0 aliphatic heterocycles. The Morgan fingerprint density at radius 1 is 1.20 bits per heavy atom. The Balaban J connectivity index is 2.41. The molecule has 3 N–H and O–H groups in total. The molecular formula is C14H17N3O2S. The molecule has 0 spiro atoms. The first-order valence-electron chi connectivity index (χ1n) is 6.17. The number of nitrogens with one attached hydrogen (secondary N) is 1. The van der Waals surface area contributed by atoms with E-state index in [4.69, 9.17) is 5.73 Å². The Bertz CT molecular complexity index is 707. The standard InChI is InChI=1S/C14H17N3O2S/c1-10-6-11(2)8-12(7-10)17-20(18,19)14-4-3-5-16-13(14)9-15/h3-8,17H,9,15H2,1-2H3. The van der Waals surface area contributed by atoms with Crippen molar-refractivity contribution in [2.75, 3.05) is 4.72 Å². The lowest BCUT2D eigenvalue weighted by molar-refractivity contribution is 0.599. The van der Waals surface area contributed by atoms with Crippen LogP contribution in [0.5, 0.6) is 0 Å². The van der Waals surface area contributed by atoms with Gasteiger partial charge in [0.25, 0.3) is 10.0 Å². The smallest absolute Gasteiger partial charge is 0.263 e. The fourth-order valence-corrected chi connectivity index (χ4v) is 3.31. The van der Waals surface area contributed by atoms with E-state index < -0.39 is 10.0 Å². The summed E-state index contributed by atoms with van der Waals surface area (Å²) in [6, 6.07) is 8.62. The number of aryl methyl sites for hydroxylation is 2. The number of pyridine rings is 1. The molecule has 106 valence electrons. The Labute approximate surface area is 118 Å². The molecule has 0 saturated heterocycles. The summed E-state index contributed by atoms with van der Waals surface area (Å²) in [5, 5.41) is 0. The first-order valence-corrected chi connectivity index (χ1v) is 7.66. The van der Waals surface area contributed by atoms with Crippen molar-refractivity contribution in [3.63, 3.8) is 0 Å². The molecule has 6 heteroatoms. The topological polar surface area (TPSA) is 85.1 Å². The molecule has 0 saturated carbocycles. The molecule has 0 unspecified atom stereocenters. The van der Waals surface area contributed by atoms with E-state index in [0.717, 1.165) is 11.1 Å². The number of nitrogens with two attached hydrogens (primary N) is 1. The second kappa shape index (κ2) is 5.60. The summed E-state index contributed by atoms with van der Waals surface area (Å²) in [5.74, 6) is 0. The van der Waals surface area contributed by atoms with Gasteiger partial charge in [-0.2, -0.15) is 0 Å². The molecule has 1 heterocycles. The third-order valence-corrected chi connectivity index (χ3v) is 4.26. The number of rotatable bonds is 4. The van der Waals surface area contributed by atoms with Gasteiger partial charge in [0.05, 0.1) is 5.69 Å². The zero-order chi connectivity index (χ0) is 14.8. The summed E-state index contributed by atoms with van der Waals surface area (Å²) >= 11 is 0. The second-order valence-electron chi connectivity index (χ2n) is 4.63. The fraction of sp³-hybridized carbons (Fsp3) is 0.214. The Hall–Kier alpha value is -1.92. The molecule has 2 aromatic rings. The average molecular weight is 291 g/mol. The first kappa shape index (κ1) is 14.5. The average Bonchev–Trinajstić information content (AvgIpc) is 2.36. The highest BCUT2D eigenvalue weighted by Crippen LogP contribution is 2.20. The lowest BCUT2D eigenvalue weighted by Gasteiger charge is -2.11. The monoisotopic (exact) mass is 291 g/mol. The molecule has 0 bridgehead atoms. The predicted octanol–water partition coefficient (Wildman–Crippen LogP) is 1.96. The van der Waals surface area contributed by atoms with Crippen LogP contribution >= 0.6 is 0 Å². The predicted molar refractivity (Wildman–Crippen MR) is 78.9 cm³/mol. The number of sulfonamides is 1. The second-order valence-corrected chi connectivity index (χ2v) is 6.29. The number of anilines is 1. The summed E-state index contributed by atoms with van der Waals surface area (Å²) in [4.78, 5) is 4.11. The minimum atomic E-state index is -3.68. The molecule has 2 rings (SSSR count). The fourth-order valence-electron chi connectivity index (χ4n) is 2.06. The van der Waals surface area contributed by atoms with Crippen molar-refractivity contribution in [1.82, 2.24) is 4.98 Å². The lowest BCUT2D eigenvalue weighted by atomic mass is 10.1. The molecule has 0 aliphatic rings. The summed E-state index contributed by atoms with van der Waals surface area (Å²) in [5.41, 5.74) is 8.41. The van der Waals surface area contributed by atoms with Gasteiger partial charge >= 0.3 is 0 Å². The van der Waals surface area contributed by atoms with E-state index in [9.17, 15) is 8.42 Å². The molecule has 1 aromatic heterocycles. The highest BCUT2D eigenvalue weighted by atomic mass is 32.2. The van der Waals surface area contributed by atoms with E-state index in [2.05, 4.69) is 9.71 Å². The van der Waals surface area contributed by atoms with Gasteiger partial charge in [-0.05, 0) is 49.2 Å². The lowest BCUT2D eigenvalue weighted by Crippen LogP contribution is -2.17. The third-order valence-electron chi connectivity index (χ3n) is 2.81. The van der Waals surface area contributed by atoms with Gasteiger partial charge in [0.15, 0.2) is 0 Å². The zero-order valence-corrected chi connectivity index (χ0v) is 12.2. The first-order chi connectivity index (χ1) is 9.42. The Kier molecular flexibility index (Phi) is 4.06. The van der Waals surface area contributed by atoms with Crippen molar-refractivity contribution in [3.05, 3.63) is 53.3 Å². The largest absolute Gasteiger partial charge is 0.325 e. The van der Waals surface area contributed by atoms with Gasteiger partial charge in [-0.15, -0.1) is 0 Å². The van der Waals surface area contributed by atoms with Gasteiger partial charge in [0, 0.05) is 18.4 Å². The summed E-state index contributed by atoms with van der Waals surface area (Å²) in [6.07, 6.45) is 1.53. The van der Waals surface area contributed by atoms with E-state index in [-0.39, 0.29) is 11.4 Å². The zero-order valence-electron chi connectivity index (χ0n) is 11.4. The van der Waals surface area contributed by atoms with Crippen molar-refractivity contribution in [1.29, 1.82) is 0 Å². The highest BCUT2D eigenvalue weighted by molar-refractivity contribution is 7.92. The van der Waals surface area contributed by atoms with Gasteiger partial charge < -0.3 is 5.73 Å². The van der Waals surface area contributed by atoms with Crippen LogP contribution in [0, 0.1) is 13.8 Å². The van der Waals surface area contributed by atoms with Crippen molar-refractivity contribution < 1.29 is 8.42 Å². The molecule has 20 heavy (non-hydrogen) atoms. The third kappa shape index (κ3) is 3.15. The van der Waals surface area contributed by atoms with E-state index >= 15 is 0 Å². The van der Waals surface area contributed by atoms with Crippen molar-refractivity contribution >= 4 is 15.7 Å². The van der Waals surface area contributed by atoms with Crippen molar-refractivity contribution in [2.45, 2.75) is 25.3 Å². The van der Waals surface area contributed by atoms with E-state index in [1.165, 1.54) is 12.3 Å². The summed E-state index contributed by atoms with van der Waals surface area (Å²) in [6.45, 7) is 3.91. The molecule has 0 fully saturated rings. The van der Waals surface area contributed by atoms with Gasteiger partial charge in [0.1, 0.15) is 4.90 Å². The van der Waals surface area contributed by atoms with Gasteiger partial charge in [-0.3, -0.25) is 9.71 Å². The number of benzene rings is 1. The van der Waals surface area contributed by atoms with Gasteiger partial charge in [0.2, 0.25) is 0 Å². The van der Waals surface area contributed by atoms with E-state index in [1.54, 1.807) is 18.2 Å². The van der Waals surface area contributed by atoms with E-state index in [1.807, 2.05) is 19.9 Å². The normalized spacial score (nSPS) is 11.3. The van der Waals surface area contributed by atoms with Crippen LogP contribution in [-0.2, 0) is 16.6 Å². The van der Waals surface area contributed by atoms with Crippen LogP contribution < -0.4 is 10.5 Å². The van der Waals surface area contributed by atoms with Crippen molar-refractivity contribution in [2.24, 2.45) is 5.73 Å². The van der Waals surface area contributed by atoms with Crippen LogP contribution in [0.3, 0.4) is 0 Å². The molecule has 0 atom stereocenters. The summed E-state index contributed by atoms with van der Waals surface area (Å²) < 4.78 is 27.4. The van der Waals surface area contributed by atoms with Crippen LogP contribution in [0.2, 0.25) is 0 Å². The molecular weight excluding hydrogens is 274 g/mol. The molecule has 0 radical (unpaired) electrons. The molecule has 0 amide bonds. The minimum absolute atomic E-state index is 0.0733.